The van der Waals surface area contributed by atoms with Crippen LogP contribution in [0.2, 0.25) is 5.02 Å². The summed E-state index contributed by atoms with van der Waals surface area (Å²) in [6, 6.07) is 0.460. The molecule has 31 heavy (non-hydrogen) atoms. The Morgan fingerprint density at radius 3 is 2.65 bits per heavy atom. The molecule has 4 heterocycles. The average Bonchev–Trinajstić information content (AvgIpc) is 2.69. The Balaban J connectivity index is 1.54. The number of amides is 1. The van der Waals surface area contributed by atoms with E-state index >= 15 is 0 Å². The maximum absolute atomic E-state index is 13.2. The fourth-order valence-corrected chi connectivity index (χ4v) is 3.88. The van der Waals surface area contributed by atoms with Crippen LogP contribution in [0.3, 0.4) is 0 Å². The number of pyridine rings is 1. The van der Waals surface area contributed by atoms with Gasteiger partial charge in [-0.15, -0.1) is 0 Å². The largest absolute Gasteiger partial charge is 0.383 e. The SMILES string of the molecule is N=C(N)/C(C(=O)Nc1cncc(Cl)c1N1CCN(C2COC2)CC1)=C1/N=CC(F)=CN1. The lowest BCUT2D eigenvalue weighted by atomic mass is 10.1. The van der Waals surface area contributed by atoms with Gasteiger partial charge in [0, 0.05) is 38.6 Å². The number of allylic oxidation sites excluding steroid dienone is 1. The Hall–Kier alpha value is -3.02. The Labute approximate surface area is 183 Å². The van der Waals surface area contributed by atoms with E-state index in [0.29, 0.717) is 22.4 Å². The Bertz CT molecular complexity index is 983. The molecule has 3 aliphatic rings. The number of carbonyl (C=O) groups is 1. The number of ether oxygens (including phenoxy) is 1. The molecule has 1 amide bonds. The first-order valence-electron chi connectivity index (χ1n) is 9.70. The second kappa shape index (κ2) is 9.00. The highest BCUT2D eigenvalue weighted by Gasteiger charge is 2.30. The lowest BCUT2D eigenvalue weighted by Crippen LogP contribution is -2.56. The van der Waals surface area contributed by atoms with Crippen LogP contribution >= 0.6 is 11.6 Å². The van der Waals surface area contributed by atoms with Crippen molar-refractivity contribution in [3.63, 3.8) is 0 Å². The van der Waals surface area contributed by atoms with Gasteiger partial charge in [0.1, 0.15) is 17.2 Å². The molecule has 4 rings (SSSR count). The van der Waals surface area contributed by atoms with Crippen LogP contribution in [0.5, 0.6) is 0 Å². The molecule has 164 valence electrons. The van der Waals surface area contributed by atoms with Crippen molar-refractivity contribution in [1.82, 2.24) is 15.2 Å². The lowest BCUT2D eigenvalue weighted by molar-refractivity contribution is -0.112. The van der Waals surface area contributed by atoms with E-state index in [1.807, 2.05) is 0 Å². The predicted octanol–water partition coefficient (Wildman–Crippen LogP) is 0.827. The monoisotopic (exact) mass is 448 g/mol. The molecule has 3 aliphatic heterocycles. The number of amidine groups is 1. The Morgan fingerprint density at radius 1 is 1.32 bits per heavy atom. The van der Waals surface area contributed by atoms with Gasteiger partial charge in [-0.2, -0.15) is 0 Å². The topological polar surface area (TPSA) is 132 Å². The van der Waals surface area contributed by atoms with Gasteiger partial charge in [-0.1, -0.05) is 11.6 Å². The summed E-state index contributed by atoms with van der Waals surface area (Å²) in [5.74, 6) is -1.83. The Morgan fingerprint density at radius 2 is 2.06 bits per heavy atom. The van der Waals surface area contributed by atoms with Gasteiger partial charge >= 0.3 is 0 Å². The van der Waals surface area contributed by atoms with Gasteiger partial charge in [0.05, 0.1) is 48.1 Å². The van der Waals surface area contributed by atoms with E-state index in [-0.39, 0.29) is 11.4 Å². The minimum atomic E-state index is -0.682. The van der Waals surface area contributed by atoms with Crippen LogP contribution in [-0.4, -0.2) is 73.3 Å². The number of hydrogen-bond donors (Lipinski definition) is 4. The zero-order chi connectivity index (χ0) is 22.0. The van der Waals surface area contributed by atoms with Crippen LogP contribution in [0.25, 0.3) is 0 Å². The van der Waals surface area contributed by atoms with Crippen molar-refractivity contribution in [3.05, 3.63) is 40.8 Å². The third-order valence-corrected chi connectivity index (χ3v) is 5.56. The normalized spacial score (nSPS) is 21.1. The molecule has 10 nitrogen and oxygen atoms in total. The summed E-state index contributed by atoms with van der Waals surface area (Å²) >= 11 is 6.44. The predicted molar refractivity (Wildman–Crippen MR) is 116 cm³/mol. The first-order valence-corrected chi connectivity index (χ1v) is 10.1. The number of rotatable bonds is 5. The second-order valence-corrected chi connectivity index (χ2v) is 7.66. The number of hydrogen-bond acceptors (Lipinski definition) is 8. The third kappa shape index (κ3) is 4.53. The summed E-state index contributed by atoms with van der Waals surface area (Å²) in [6.45, 7) is 4.66. The van der Waals surface area contributed by atoms with Crippen molar-refractivity contribution in [2.24, 2.45) is 10.7 Å². The fraction of sp³-hybridized carbons (Fsp3) is 0.368. The number of nitrogens with zero attached hydrogens (tertiary/aromatic N) is 4. The molecular weight excluding hydrogens is 427 g/mol. The molecule has 0 saturated carbocycles. The van der Waals surface area contributed by atoms with Gasteiger partial charge < -0.3 is 26.0 Å². The number of carbonyl (C=O) groups excluding carboxylic acids is 1. The smallest absolute Gasteiger partial charge is 0.263 e. The van der Waals surface area contributed by atoms with Gasteiger partial charge in [0.2, 0.25) is 0 Å². The molecule has 2 fully saturated rings. The first-order chi connectivity index (χ1) is 14.9. The summed E-state index contributed by atoms with van der Waals surface area (Å²) in [4.78, 5) is 25.3. The van der Waals surface area contributed by atoms with E-state index in [1.54, 1.807) is 0 Å². The van der Waals surface area contributed by atoms with Crippen molar-refractivity contribution in [2.45, 2.75) is 6.04 Å². The zero-order valence-electron chi connectivity index (χ0n) is 16.6. The standard InChI is InChI=1S/C19H22ClFN8O2/c20-13-7-24-8-14(16(13)29-3-1-28(2-4-29)12-9-31-10-12)27-19(30)15(17(22)23)18-25-5-11(21)6-26-18/h5-8,12,25H,1-4,9-10H2,(H3,22,23)(H,27,30)/b18-15-. The molecule has 5 N–H and O–H groups in total. The Kier molecular flexibility index (Phi) is 6.16. The highest BCUT2D eigenvalue weighted by atomic mass is 35.5. The quantitative estimate of drug-likeness (QED) is 0.298. The van der Waals surface area contributed by atoms with Gasteiger partial charge in [-0.25, -0.2) is 9.38 Å². The van der Waals surface area contributed by atoms with E-state index < -0.39 is 17.6 Å². The number of anilines is 2. The second-order valence-electron chi connectivity index (χ2n) is 7.25. The number of piperazine rings is 1. The van der Waals surface area contributed by atoms with E-state index in [0.717, 1.165) is 51.8 Å². The molecule has 12 heteroatoms. The third-order valence-electron chi connectivity index (χ3n) is 5.29. The minimum absolute atomic E-state index is 0.0285. The van der Waals surface area contributed by atoms with Crippen molar-refractivity contribution < 1.29 is 13.9 Å². The number of nitrogens with one attached hydrogen (secondary N) is 3. The first kappa shape index (κ1) is 21.2. The summed E-state index contributed by atoms with van der Waals surface area (Å²) < 4.78 is 18.5. The molecule has 0 radical (unpaired) electrons. The van der Waals surface area contributed by atoms with Gasteiger partial charge in [0.25, 0.3) is 5.91 Å². The van der Waals surface area contributed by atoms with Crippen molar-refractivity contribution in [3.8, 4) is 0 Å². The lowest BCUT2D eigenvalue weighted by Gasteiger charge is -2.43. The fourth-order valence-electron chi connectivity index (χ4n) is 3.60. The van der Waals surface area contributed by atoms with E-state index in [2.05, 4.69) is 30.4 Å². The maximum Gasteiger partial charge on any atom is 0.263 e. The summed E-state index contributed by atoms with van der Waals surface area (Å²) in [7, 11) is 0. The zero-order valence-corrected chi connectivity index (χ0v) is 17.3. The summed E-state index contributed by atoms with van der Waals surface area (Å²) in [5.41, 5.74) is 6.41. The van der Waals surface area contributed by atoms with Crippen LogP contribution in [0, 0.1) is 5.41 Å². The van der Waals surface area contributed by atoms with Gasteiger partial charge in [-0.3, -0.25) is 20.1 Å². The van der Waals surface area contributed by atoms with Crippen molar-refractivity contribution in [1.29, 1.82) is 5.41 Å². The highest BCUT2D eigenvalue weighted by molar-refractivity contribution is 6.34. The van der Waals surface area contributed by atoms with Crippen molar-refractivity contribution >= 4 is 40.9 Å². The molecule has 2 saturated heterocycles. The molecule has 0 unspecified atom stereocenters. The number of aromatic nitrogens is 1. The van der Waals surface area contributed by atoms with Crippen molar-refractivity contribution in [2.75, 3.05) is 49.6 Å². The van der Waals surface area contributed by atoms with E-state index in [1.165, 1.54) is 12.4 Å². The van der Waals surface area contributed by atoms with Crippen LogP contribution < -0.4 is 21.3 Å². The van der Waals surface area contributed by atoms with E-state index in [4.69, 9.17) is 27.5 Å². The highest BCUT2D eigenvalue weighted by Crippen LogP contribution is 2.34. The molecule has 0 atom stereocenters. The minimum Gasteiger partial charge on any atom is -0.383 e. The van der Waals surface area contributed by atoms with Crippen LogP contribution in [0.1, 0.15) is 0 Å². The number of nitrogens with two attached hydrogens (primary N) is 1. The molecule has 0 aromatic carbocycles. The molecule has 0 bridgehead atoms. The van der Waals surface area contributed by atoms with Crippen LogP contribution in [0.4, 0.5) is 15.8 Å². The van der Waals surface area contributed by atoms with Gasteiger partial charge in [-0.05, 0) is 0 Å². The average molecular weight is 449 g/mol. The maximum atomic E-state index is 13.2. The number of halogens is 2. The molecule has 0 spiro atoms. The number of aliphatic imine (C=N–C) groups is 1. The van der Waals surface area contributed by atoms with Gasteiger partial charge in [0.15, 0.2) is 5.83 Å². The molecular formula is C19H22ClFN8O2. The summed E-state index contributed by atoms with van der Waals surface area (Å²) in [5, 5.41) is 13.4. The van der Waals surface area contributed by atoms with Crippen LogP contribution in [0.15, 0.2) is 40.8 Å². The molecule has 1 aromatic rings. The molecule has 0 aliphatic carbocycles. The molecule has 1 aromatic heterocycles. The van der Waals surface area contributed by atoms with E-state index in [9.17, 15) is 9.18 Å². The van der Waals surface area contributed by atoms with Crippen LogP contribution in [-0.2, 0) is 9.53 Å². The summed E-state index contributed by atoms with van der Waals surface area (Å²) in [6.07, 6.45) is 4.97.